The second-order valence-electron chi connectivity index (χ2n) is 31.1. The quantitative estimate of drug-likeness (QED) is 0.0103. The Morgan fingerprint density at radius 1 is 0.439 bits per heavy atom. The third kappa shape index (κ3) is 34.8. The minimum atomic E-state index is -5.70. The monoisotopic (exact) mass is 2170 g/mol. The van der Waals surface area contributed by atoms with E-state index in [0.29, 0.717) is 46.0 Å². The fourth-order valence-electron chi connectivity index (χ4n) is 13.6. The Bertz CT molecular complexity index is 6840. The lowest BCUT2D eigenvalue weighted by atomic mass is 10.1. The number of imidazole rings is 1. The van der Waals surface area contributed by atoms with Gasteiger partial charge in [-0.05, 0) is 116 Å². The number of para-hydroxylation sites is 5. The number of methoxy groups -OCH3 is 1. The van der Waals surface area contributed by atoms with E-state index in [1.165, 1.54) is 82.9 Å². The molecule has 17 atom stereocenters. The van der Waals surface area contributed by atoms with E-state index in [9.17, 15) is 105 Å². The number of hydrogen-bond donors (Lipinski definition) is 5. The Kier molecular flexibility index (Phi) is 40.9. The molecule has 53 nitrogen and oxygen atoms in total. The molecule has 7 aromatic carbocycles. The number of nitrogens with one attached hydrogen (secondary N) is 4. The molecule has 0 bridgehead atoms. The molecule has 792 valence electrons. The number of hydrogen-bond acceptors (Lipinski definition) is 45. The van der Waals surface area contributed by atoms with Crippen LogP contribution in [-0.4, -0.2) is 164 Å². The number of fused-ring (bicyclic) bond motifs is 1. The van der Waals surface area contributed by atoms with Crippen LogP contribution in [0.25, 0.3) is 16.9 Å². The average Bonchev–Trinajstić information content (AvgIpc) is 1.63. The zero-order valence-corrected chi connectivity index (χ0v) is 83.4. The van der Waals surface area contributed by atoms with Crippen molar-refractivity contribution >= 4 is 112 Å². The molecule has 3 saturated heterocycles. The average molecular weight is 2170 g/mol. The van der Waals surface area contributed by atoms with Gasteiger partial charge in [-0.2, -0.15) is 9.97 Å². The number of aromatic nitrogens is 7. The van der Waals surface area contributed by atoms with Crippen molar-refractivity contribution in [2.24, 2.45) is 0 Å². The van der Waals surface area contributed by atoms with Gasteiger partial charge >= 0.3 is 47.7 Å². The third-order valence-electron chi connectivity index (χ3n) is 20.2. The van der Waals surface area contributed by atoms with Crippen molar-refractivity contribution in [2.45, 2.75) is 133 Å². The van der Waals surface area contributed by atoms with Gasteiger partial charge in [0.15, 0.2) is 30.8 Å². The normalized spacial score (nSPS) is 20.7. The predicted octanol–water partition coefficient (Wildman–Crippen LogP) is 10.2. The number of benzene rings is 7. The van der Waals surface area contributed by atoms with Gasteiger partial charge in [0.05, 0.1) is 52.4 Å². The molecule has 3 aliphatic rings. The number of rotatable bonds is 43. The number of unbranched alkanes of at least 4 members (excludes halogenated alkanes) is 1. The zero-order valence-electron chi connectivity index (χ0n) is 78.0. The van der Waals surface area contributed by atoms with E-state index in [4.69, 9.17) is 61.2 Å². The first-order valence-electron chi connectivity index (χ1n) is 44.4. The van der Waals surface area contributed by atoms with E-state index in [1.54, 1.807) is 178 Å². The van der Waals surface area contributed by atoms with E-state index < -0.39 is 194 Å². The Morgan fingerprint density at radius 2 is 0.872 bits per heavy atom. The molecule has 4 amide bonds. The zero-order chi connectivity index (χ0) is 106. The van der Waals surface area contributed by atoms with Crippen molar-refractivity contribution in [3.05, 3.63) is 286 Å². The number of urea groups is 1. The van der Waals surface area contributed by atoms with Crippen LogP contribution in [0.2, 0.25) is 0 Å². The summed E-state index contributed by atoms with van der Waals surface area (Å²) in [7, 11) is -31.4. The number of nitrogens with zero attached hydrogens (tertiary/aromatic N) is 7. The highest BCUT2D eigenvalue weighted by molar-refractivity contribution is 7.60. The SMILES string of the molecule is CCCCC(=O)Nc1ccn([C@@H]2O[C@H](COP(=O)([O-])OP(=O)([O-])OCCC)C(OC(=O)Oc3ccccc3)[C@@H]2OC(=O)Oc2ccccc2)c(=O)n1.CCCOP(=O)([O-])OP(=O)([O-])OC[C@H]1O[C@@H](n2ccc3nc(-c4cccc(OC)c4)cn3c2=O)CC1OC(=O)Nc1ccccc1.O=C(Nc1ccccc1)Nc1ccn([C@@H]2O[C@H](COP(=O)([O-])OP(=O)([O-])OCc3ccccc3)C(O)[C@@H]2OC(=O)Oc2ccccc2)c(=O)n1. The van der Waals surface area contributed by atoms with Gasteiger partial charge in [-0.1, -0.05) is 161 Å². The molecule has 0 aliphatic carbocycles. The minimum Gasteiger partial charge on any atom is -0.756 e. The Hall–Kier alpha value is -13.0. The van der Waals surface area contributed by atoms with Crippen molar-refractivity contribution in [1.82, 2.24) is 33.1 Å². The van der Waals surface area contributed by atoms with Gasteiger partial charge < -0.3 is 124 Å². The largest absolute Gasteiger partial charge is 0.756 e. The van der Waals surface area contributed by atoms with E-state index in [0.717, 1.165) is 27.9 Å². The van der Waals surface area contributed by atoms with Gasteiger partial charge in [-0.15, -0.1) is 0 Å². The first-order chi connectivity index (χ1) is 70.6. The molecule has 0 spiro atoms. The molecule has 148 heavy (non-hydrogen) atoms. The lowest BCUT2D eigenvalue weighted by Gasteiger charge is -2.31. The van der Waals surface area contributed by atoms with Gasteiger partial charge in [0.25, 0.3) is 46.9 Å². The van der Waals surface area contributed by atoms with Crippen molar-refractivity contribution in [1.29, 1.82) is 0 Å². The highest BCUT2D eigenvalue weighted by Crippen LogP contribution is 2.59. The number of anilines is 4. The number of aliphatic hydroxyl groups is 1. The van der Waals surface area contributed by atoms with Crippen LogP contribution in [0.4, 0.5) is 47.0 Å². The van der Waals surface area contributed by atoms with Gasteiger partial charge in [0.2, 0.25) is 5.91 Å². The fraction of sp³-hybridized carbons (Fsp3) is 0.303. The topological polar surface area (TPSA) is 705 Å². The second kappa shape index (κ2) is 53.2. The van der Waals surface area contributed by atoms with Crippen molar-refractivity contribution < 1.29 is 183 Å². The molecule has 7 heterocycles. The maximum absolute atomic E-state index is 13.6. The van der Waals surface area contributed by atoms with Crippen LogP contribution >= 0.6 is 46.9 Å². The van der Waals surface area contributed by atoms with Crippen LogP contribution < -0.4 is 86.6 Å². The molecule has 11 aromatic rings. The molecule has 3 aliphatic heterocycles. The van der Waals surface area contributed by atoms with Crippen molar-refractivity contribution in [3.63, 3.8) is 0 Å². The summed E-state index contributed by atoms with van der Waals surface area (Å²) in [5, 5.41) is 21.0. The number of carbonyl (C=O) groups is 6. The van der Waals surface area contributed by atoms with Crippen LogP contribution in [0.3, 0.4) is 0 Å². The number of ether oxygens (including phenoxy) is 11. The number of phosphoric ester groups is 6. The predicted molar refractivity (Wildman–Crippen MR) is 501 cm³/mol. The van der Waals surface area contributed by atoms with E-state index in [2.05, 4.69) is 67.2 Å². The number of aliphatic hydroxyl groups excluding tert-OH is 1. The summed E-state index contributed by atoms with van der Waals surface area (Å²) in [5.41, 5.74) is 0.237. The molecule has 9 unspecified atom stereocenters. The molecule has 59 heteroatoms. The van der Waals surface area contributed by atoms with Crippen LogP contribution in [0.15, 0.2) is 264 Å². The Balaban J connectivity index is 0.000000197. The molecular formula is C89H93N11O42P6-6. The third-order valence-corrected chi connectivity index (χ3v) is 27.9. The number of amides is 4. The molecular weight excluding hydrogens is 2080 g/mol. The first-order valence-corrected chi connectivity index (χ1v) is 53.1. The summed E-state index contributed by atoms with van der Waals surface area (Å²) in [6, 6.07) is 58.2. The molecule has 4 aromatic heterocycles. The van der Waals surface area contributed by atoms with Gasteiger partial charge in [-0.3, -0.25) is 60.9 Å². The van der Waals surface area contributed by atoms with Crippen LogP contribution in [0.1, 0.15) is 83.5 Å². The Morgan fingerprint density at radius 3 is 1.37 bits per heavy atom. The first kappa shape index (κ1) is 114. The number of carbonyl (C=O) groups excluding carboxylic acids is 6. The van der Waals surface area contributed by atoms with Crippen molar-refractivity contribution in [3.8, 4) is 34.3 Å². The van der Waals surface area contributed by atoms with Crippen LogP contribution in [0.5, 0.6) is 23.0 Å². The standard InChI is InChI=1S/C31H37N3O16P2.C30H30N4O14P2.C28H32N4O12P2/c1-3-5-16-25(35)32-24-17-18-34(29(36)33-24)28-27(49-31(38)46-22-14-10-7-11-15-22)26(48-30(37)45-21-12-8-6-9-13-21)23(47-28)20-44-52(41,42)50-51(39,40)43-19-4-2;35-25-23(19-44-50(41,42)48-49(39,40)43-18-20-10-4-1-5-11-20)46-27(26(25)47-30(38)45-22-14-8-3-9-15-22)34-17-16-24(33-29(34)37)32-28(36)31-21-12-6-2-7-13-21;1-3-14-40-45(35,36)44-46(37,38)41-18-24-23(43-27(33)29-20-9-5-4-6-10-20)16-26(42-24)31-13-12-25-30-22(17-32(25)28(31)34)19-8-7-11-21(15-19)39-2/h6-15,17-18,23,26-28H,3-5,16,19-20H2,1-2H3,(H,39,40)(H,41,42)(H,32,33,35,36);1-17,23,25-27,35H,18-19H2,(H,39,40)(H,41,42)(H2,31,32,33,36,37);4-13,15,17,23-24,26H,3,14,16,18H2,1-2H3,(H,29,33)(H,35,36)(H,37,38)/p-6/t23-,26?,27+,28-;23-,25?,26+,27-;23?,24-,26-/m111/s1. The summed E-state index contributed by atoms with van der Waals surface area (Å²) >= 11 is 0. The summed E-state index contributed by atoms with van der Waals surface area (Å²) in [4.78, 5) is 201. The lowest BCUT2D eigenvalue weighted by Crippen LogP contribution is -2.43. The molecule has 0 radical (unpaired) electrons. The van der Waals surface area contributed by atoms with E-state index >= 15 is 0 Å². The highest BCUT2D eigenvalue weighted by Gasteiger charge is 2.53. The minimum absolute atomic E-state index is 0.0319. The summed E-state index contributed by atoms with van der Waals surface area (Å²) in [5.74, 6) is 0.0696. The Labute approximate surface area is 839 Å². The smallest absolute Gasteiger partial charge is 0.514 e. The highest BCUT2D eigenvalue weighted by atomic mass is 31.3. The second-order valence-corrected chi connectivity index (χ2v) is 40.0. The molecule has 3 fully saturated rings. The maximum atomic E-state index is 13.6. The van der Waals surface area contributed by atoms with E-state index in [1.807, 2.05) is 13.0 Å². The summed E-state index contributed by atoms with van der Waals surface area (Å²) in [6.45, 7) is 0.888. The van der Waals surface area contributed by atoms with Gasteiger partial charge in [0, 0.05) is 54.6 Å². The van der Waals surface area contributed by atoms with Crippen molar-refractivity contribution in [2.75, 3.05) is 61.4 Å². The number of phosphoric acid groups is 6. The molecule has 5 N–H and O–H groups in total. The maximum Gasteiger partial charge on any atom is 0.514 e. The van der Waals surface area contributed by atoms with Gasteiger partial charge in [0.1, 0.15) is 77.0 Å². The lowest BCUT2D eigenvalue weighted by molar-refractivity contribution is -0.248. The molecule has 0 saturated carbocycles. The summed E-state index contributed by atoms with van der Waals surface area (Å²) in [6.07, 6.45) is -15.3. The van der Waals surface area contributed by atoms with Gasteiger partial charge in [-0.25, -0.2) is 56.3 Å². The molecule has 14 rings (SSSR count). The van der Waals surface area contributed by atoms with Crippen LogP contribution in [0, 0.1) is 0 Å². The summed E-state index contributed by atoms with van der Waals surface area (Å²) < 4.78 is 177. The van der Waals surface area contributed by atoms with Crippen LogP contribution in [-0.2, 0) is 112 Å². The fourth-order valence-corrected chi connectivity index (χ4v) is 19.8. The van der Waals surface area contributed by atoms with E-state index in [-0.39, 0.29) is 67.8 Å².